The van der Waals surface area contributed by atoms with Crippen molar-refractivity contribution in [2.45, 2.75) is 13.1 Å². The minimum Gasteiger partial charge on any atom is -0.344 e. The number of carbonyl (C=O) groups is 2. The molecule has 28 heavy (non-hydrogen) atoms. The Labute approximate surface area is 161 Å². The molecule has 5 rings (SSSR count). The maximum Gasteiger partial charge on any atom is 0.259 e. The van der Waals surface area contributed by atoms with E-state index in [1.54, 1.807) is 12.4 Å². The molecule has 0 fully saturated rings. The first-order valence-electron chi connectivity index (χ1n) is 9.13. The summed E-state index contributed by atoms with van der Waals surface area (Å²) in [7, 11) is 1.98. The van der Waals surface area contributed by atoms with Gasteiger partial charge in [-0.2, -0.15) is 0 Å². The molecule has 0 radical (unpaired) electrons. The van der Waals surface area contributed by atoms with Gasteiger partial charge in [-0.05, 0) is 29.3 Å². The highest BCUT2D eigenvalue weighted by Crippen LogP contribution is 2.36. The number of amides is 2. The summed E-state index contributed by atoms with van der Waals surface area (Å²) in [6, 6.07) is 13.8. The van der Waals surface area contributed by atoms with Gasteiger partial charge in [-0.3, -0.25) is 19.9 Å². The number of aryl methyl sites for hydroxylation is 1. The first kappa shape index (κ1) is 16.6. The first-order valence-corrected chi connectivity index (χ1v) is 9.13. The van der Waals surface area contributed by atoms with E-state index in [-0.39, 0.29) is 11.8 Å². The lowest BCUT2D eigenvalue weighted by atomic mass is 9.97. The Balaban J connectivity index is 1.65. The van der Waals surface area contributed by atoms with Crippen molar-refractivity contribution in [2.24, 2.45) is 7.05 Å². The average Bonchev–Trinajstić information content (AvgIpc) is 3.17. The molecule has 4 aromatic rings. The Hall–Kier alpha value is -3.51. The van der Waals surface area contributed by atoms with Crippen molar-refractivity contribution < 1.29 is 9.59 Å². The van der Waals surface area contributed by atoms with E-state index in [4.69, 9.17) is 0 Å². The monoisotopic (exact) mass is 370 g/mol. The second-order valence-corrected chi connectivity index (χ2v) is 7.00. The van der Waals surface area contributed by atoms with Gasteiger partial charge in [0.25, 0.3) is 11.8 Å². The molecule has 138 valence electrons. The van der Waals surface area contributed by atoms with Crippen molar-refractivity contribution in [1.29, 1.82) is 0 Å². The molecule has 2 aromatic carbocycles. The summed E-state index contributed by atoms with van der Waals surface area (Å²) in [5.41, 5.74) is 4.83. The molecule has 3 heterocycles. The van der Waals surface area contributed by atoms with Crippen LogP contribution in [0.15, 0.2) is 54.9 Å². The lowest BCUT2D eigenvalue weighted by Crippen LogP contribution is -2.21. The van der Waals surface area contributed by atoms with Crippen LogP contribution in [-0.4, -0.2) is 21.4 Å². The van der Waals surface area contributed by atoms with Gasteiger partial charge in [-0.25, -0.2) is 0 Å². The Kier molecular flexibility index (Phi) is 3.74. The number of hydrogen-bond acceptors (Lipinski definition) is 4. The van der Waals surface area contributed by atoms with Crippen LogP contribution in [0, 0.1) is 0 Å². The number of nitrogens with one attached hydrogen (secondary N) is 2. The highest BCUT2D eigenvalue weighted by Gasteiger charge is 2.33. The number of pyridine rings is 1. The first-order chi connectivity index (χ1) is 13.6. The van der Waals surface area contributed by atoms with Crippen molar-refractivity contribution in [1.82, 2.24) is 20.2 Å². The van der Waals surface area contributed by atoms with E-state index < -0.39 is 0 Å². The minimum absolute atomic E-state index is 0.324. The molecule has 0 bridgehead atoms. The van der Waals surface area contributed by atoms with E-state index in [1.807, 2.05) is 49.5 Å². The molecule has 0 saturated carbocycles. The average molecular weight is 370 g/mol. The maximum atomic E-state index is 12.6. The van der Waals surface area contributed by atoms with Crippen LogP contribution >= 0.6 is 0 Å². The van der Waals surface area contributed by atoms with Gasteiger partial charge in [-0.1, -0.05) is 24.3 Å². The number of rotatable bonds is 4. The standard InChI is InChI=1S/C22H18N4O2/c1-26-16-7-3-2-6-15(16)19-17(26)9-14(18-20(19)22(28)25-21(18)27)12-24-11-13-5-4-8-23-10-13/h2-10,24H,11-12H2,1H3,(H,25,27,28). The third-order valence-electron chi connectivity index (χ3n) is 5.33. The molecule has 6 heteroatoms. The lowest BCUT2D eigenvalue weighted by Gasteiger charge is -2.10. The fraction of sp³-hybridized carbons (Fsp3) is 0.136. The summed E-state index contributed by atoms with van der Waals surface area (Å²) in [4.78, 5) is 29.3. The van der Waals surface area contributed by atoms with Crippen molar-refractivity contribution >= 4 is 33.6 Å². The second kappa shape index (κ2) is 6.28. The van der Waals surface area contributed by atoms with Crippen LogP contribution in [0.5, 0.6) is 0 Å². The molecule has 1 aliphatic rings. The van der Waals surface area contributed by atoms with Crippen molar-refractivity contribution in [3.8, 4) is 0 Å². The van der Waals surface area contributed by atoms with Crippen LogP contribution in [-0.2, 0) is 20.1 Å². The Bertz CT molecular complexity index is 1260. The third kappa shape index (κ3) is 2.42. The summed E-state index contributed by atoms with van der Waals surface area (Å²) in [6.45, 7) is 1.11. The number of hydrogen-bond donors (Lipinski definition) is 2. The summed E-state index contributed by atoms with van der Waals surface area (Å²) >= 11 is 0. The number of carbonyl (C=O) groups excluding carboxylic acids is 2. The SMILES string of the molecule is Cn1c2ccccc2c2c3c(c(CNCc4cccnc4)cc21)C(=O)NC3=O. The topological polar surface area (TPSA) is 76.0 Å². The Morgan fingerprint density at radius 2 is 1.82 bits per heavy atom. The smallest absolute Gasteiger partial charge is 0.259 e. The zero-order valence-corrected chi connectivity index (χ0v) is 15.3. The Morgan fingerprint density at radius 1 is 1.00 bits per heavy atom. The summed E-state index contributed by atoms with van der Waals surface area (Å²) < 4.78 is 2.08. The van der Waals surface area contributed by atoms with Gasteiger partial charge in [0.05, 0.1) is 16.6 Å². The molecule has 1 aliphatic heterocycles. The van der Waals surface area contributed by atoms with Crippen LogP contribution in [0.2, 0.25) is 0 Å². The number of nitrogens with zero attached hydrogens (tertiary/aromatic N) is 2. The molecule has 6 nitrogen and oxygen atoms in total. The van der Waals surface area contributed by atoms with Crippen LogP contribution in [0.1, 0.15) is 31.8 Å². The molecule has 0 unspecified atom stereocenters. The normalized spacial score (nSPS) is 13.3. The zero-order valence-electron chi connectivity index (χ0n) is 15.3. The highest BCUT2D eigenvalue weighted by atomic mass is 16.2. The number of imide groups is 1. The molecule has 0 saturated heterocycles. The molecule has 2 N–H and O–H groups in total. The van der Waals surface area contributed by atoms with Crippen LogP contribution in [0.3, 0.4) is 0 Å². The fourth-order valence-electron chi connectivity index (χ4n) is 4.07. The summed E-state index contributed by atoms with van der Waals surface area (Å²) in [6.07, 6.45) is 3.54. The number of benzene rings is 2. The van der Waals surface area contributed by atoms with Gasteiger partial charge >= 0.3 is 0 Å². The van der Waals surface area contributed by atoms with E-state index in [2.05, 4.69) is 20.2 Å². The molecular formula is C22H18N4O2. The lowest BCUT2D eigenvalue weighted by molar-refractivity contribution is 0.0880. The predicted molar refractivity (Wildman–Crippen MR) is 107 cm³/mol. The van der Waals surface area contributed by atoms with Crippen molar-refractivity contribution in [2.75, 3.05) is 0 Å². The maximum absolute atomic E-state index is 12.6. The molecule has 2 amide bonds. The van der Waals surface area contributed by atoms with Gasteiger partial charge in [-0.15, -0.1) is 0 Å². The third-order valence-corrected chi connectivity index (χ3v) is 5.33. The molecule has 2 aromatic heterocycles. The largest absolute Gasteiger partial charge is 0.344 e. The number of para-hydroxylation sites is 1. The number of aromatic nitrogens is 2. The van der Waals surface area contributed by atoms with Gasteiger partial charge < -0.3 is 9.88 Å². The van der Waals surface area contributed by atoms with Crippen LogP contribution in [0.4, 0.5) is 0 Å². The molecule has 0 spiro atoms. The zero-order chi connectivity index (χ0) is 19.3. The summed E-state index contributed by atoms with van der Waals surface area (Å²) in [5, 5.41) is 7.66. The van der Waals surface area contributed by atoms with E-state index in [1.165, 1.54) is 0 Å². The summed E-state index contributed by atoms with van der Waals surface area (Å²) in [5.74, 6) is -0.650. The Morgan fingerprint density at radius 3 is 2.64 bits per heavy atom. The highest BCUT2D eigenvalue weighted by molar-refractivity contribution is 6.30. The van der Waals surface area contributed by atoms with Gasteiger partial charge in [0.15, 0.2) is 0 Å². The van der Waals surface area contributed by atoms with Crippen LogP contribution in [0.25, 0.3) is 21.8 Å². The van der Waals surface area contributed by atoms with Gasteiger partial charge in [0, 0.05) is 48.8 Å². The quantitative estimate of drug-likeness (QED) is 0.542. The van der Waals surface area contributed by atoms with E-state index in [0.29, 0.717) is 24.2 Å². The van der Waals surface area contributed by atoms with E-state index >= 15 is 0 Å². The van der Waals surface area contributed by atoms with Gasteiger partial charge in [0.2, 0.25) is 0 Å². The minimum atomic E-state index is -0.326. The van der Waals surface area contributed by atoms with Crippen molar-refractivity contribution in [3.05, 3.63) is 77.1 Å². The molecular weight excluding hydrogens is 352 g/mol. The fourth-order valence-corrected chi connectivity index (χ4v) is 4.07. The molecule has 0 aliphatic carbocycles. The van der Waals surface area contributed by atoms with Crippen molar-refractivity contribution in [3.63, 3.8) is 0 Å². The van der Waals surface area contributed by atoms with Gasteiger partial charge in [0.1, 0.15) is 0 Å². The molecule has 0 atom stereocenters. The van der Waals surface area contributed by atoms with E-state index in [0.717, 1.165) is 32.9 Å². The predicted octanol–water partition coefficient (Wildman–Crippen LogP) is 2.90. The van der Waals surface area contributed by atoms with Crippen LogP contribution < -0.4 is 10.6 Å². The van der Waals surface area contributed by atoms with E-state index in [9.17, 15) is 9.59 Å². The second-order valence-electron chi connectivity index (χ2n) is 7.00. The number of fused-ring (bicyclic) bond motifs is 5.